The highest BCUT2D eigenvalue weighted by atomic mass is 16.4. The zero-order chi connectivity index (χ0) is 12.4. The Morgan fingerprint density at radius 2 is 1.88 bits per heavy atom. The van der Waals surface area contributed by atoms with Gasteiger partial charge in [0.05, 0.1) is 27.7 Å². The Hall–Kier alpha value is -1.10. The number of amides is 1. The van der Waals surface area contributed by atoms with Crippen molar-refractivity contribution < 1.29 is 14.5 Å². The first kappa shape index (κ1) is 14.9. The van der Waals surface area contributed by atoms with Gasteiger partial charge in [-0.3, -0.25) is 4.79 Å². The van der Waals surface area contributed by atoms with Crippen LogP contribution in [0.25, 0.3) is 0 Å². The maximum Gasteiger partial charge on any atom is 0.265 e. The maximum atomic E-state index is 10.8. The summed E-state index contributed by atoms with van der Waals surface area (Å²) in [5.74, 6) is -0.339. The summed E-state index contributed by atoms with van der Waals surface area (Å²) in [7, 11) is 6.57. The van der Waals surface area contributed by atoms with Crippen LogP contribution in [-0.4, -0.2) is 56.0 Å². The smallest absolute Gasteiger partial charge is 0.265 e. The minimum Gasteiger partial charge on any atom is -0.411 e. The van der Waals surface area contributed by atoms with Crippen LogP contribution < -0.4 is 5.32 Å². The molecule has 2 N–H and O–H groups in total. The lowest BCUT2D eigenvalue weighted by Gasteiger charge is -2.23. The second-order valence-corrected chi connectivity index (χ2v) is 4.96. The molecule has 0 spiro atoms. The van der Waals surface area contributed by atoms with Crippen molar-refractivity contribution >= 4 is 12.1 Å². The second-order valence-electron chi connectivity index (χ2n) is 4.96. The molecule has 0 radical (unpaired) electrons. The van der Waals surface area contributed by atoms with Crippen molar-refractivity contribution in [2.45, 2.75) is 25.7 Å². The van der Waals surface area contributed by atoms with Crippen LogP contribution in [0.2, 0.25) is 0 Å². The summed E-state index contributed by atoms with van der Waals surface area (Å²) in [5, 5.41) is 13.4. The van der Waals surface area contributed by atoms with Crippen molar-refractivity contribution in [1.82, 2.24) is 5.32 Å². The number of carbonyl (C=O) groups is 1. The van der Waals surface area contributed by atoms with Gasteiger partial charge in [-0.1, -0.05) is 11.6 Å². The summed E-state index contributed by atoms with van der Waals surface area (Å²) in [6, 6.07) is 0. The minimum atomic E-state index is -0.339. The molecule has 0 aliphatic heterocycles. The van der Waals surface area contributed by atoms with Gasteiger partial charge in [0.25, 0.3) is 5.91 Å². The molecule has 0 aliphatic rings. The highest BCUT2D eigenvalue weighted by Crippen LogP contribution is 2.02. The third-order valence-electron chi connectivity index (χ3n) is 2.23. The van der Waals surface area contributed by atoms with E-state index in [1.54, 1.807) is 0 Å². The van der Waals surface area contributed by atoms with Crippen LogP contribution in [0.15, 0.2) is 5.16 Å². The van der Waals surface area contributed by atoms with Gasteiger partial charge in [0.15, 0.2) is 0 Å². The SMILES string of the molecule is C[N+](C)(C)CCCCCCNC(=O)/C=N/O. The highest BCUT2D eigenvalue weighted by molar-refractivity contribution is 6.25. The summed E-state index contributed by atoms with van der Waals surface area (Å²) in [5.41, 5.74) is 0. The number of rotatable bonds is 8. The van der Waals surface area contributed by atoms with Gasteiger partial charge in [-0.25, -0.2) is 0 Å². The summed E-state index contributed by atoms with van der Waals surface area (Å²) < 4.78 is 1.00. The van der Waals surface area contributed by atoms with Crippen LogP contribution in [0.5, 0.6) is 0 Å². The van der Waals surface area contributed by atoms with Crippen molar-refractivity contribution in [3.63, 3.8) is 0 Å². The Morgan fingerprint density at radius 1 is 1.25 bits per heavy atom. The summed E-state index contributed by atoms with van der Waals surface area (Å²) in [6.07, 6.45) is 5.38. The molecule has 0 heterocycles. The fourth-order valence-electron chi connectivity index (χ4n) is 1.37. The molecule has 94 valence electrons. The standard InChI is InChI=1S/C11H23N3O2/c1-14(2,3)9-7-5-4-6-8-12-11(15)10-13-16/h10H,4-9H2,1-3H3,(H-,12,15,16)/p+1. The Balaban J connectivity index is 3.25. The van der Waals surface area contributed by atoms with E-state index >= 15 is 0 Å². The topological polar surface area (TPSA) is 61.7 Å². The van der Waals surface area contributed by atoms with Crippen molar-refractivity contribution in [2.24, 2.45) is 5.16 Å². The number of oxime groups is 1. The van der Waals surface area contributed by atoms with Crippen LogP contribution in [0.1, 0.15) is 25.7 Å². The van der Waals surface area contributed by atoms with Crippen molar-refractivity contribution in [3.05, 3.63) is 0 Å². The quantitative estimate of drug-likeness (QED) is 0.213. The third-order valence-corrected chi connectivity index (χ3v) is 2.23. The lowest BCUT2D eigenvalue weighted by molar-refractivity contribution is -0.870. The first-order valence-corrected chi connectivity index (χ1v) is 5.71. The molecule has 0 saturated carbocycles. The maximum absolute atomic E-state index is 10.8. The number of hydrogen-bond donors (Lipinski definition) is 2. The van der Waals surface area contributed by atoms with E-state index in [2.05, 4.69) is 31.6 Å². The fourth-order valence-corrected chi connectivity index (χ4v) is 1.37. The molecule has 0 aliphatic carbocycles. The van der Waals surface area contributed by atoms with Crippen LogP contribution in [0.3, 0.4) is 0 Å². The largest absolute Gasteiger partial charge is 0.411 e. The average molecular weight is 230 g/mol. The first-order valence-electron chi connectivity index (χ1n) is 5.71. The molecule has 1 amide bonds. The van der Waals surface area contributed by atoms with Gasteiger partial charge in [-0.15, -0.1) is 0 Å². The van der Waals surface area contributed by atoms with Crippen LogP contribution in [-0.2, 0) is 4.79 Å². The average Bonchev–Trinajstić information content (AvgIpc) is 2.15. The number of quaternary nitrogens is 1. The molecular formula is C11H24N3O2+. The van der Waals surface area contributed by atoms with E-state index in [1.807, 2.05) is 0 Å². The van der Waals surface area contributed by atoms with Gasteiger partial charge in [-0.05, 0) is 19.3 Å². The molecule has 0 unspecified atom stereocenters. The number of unbranched alkanes of at least 4 members (excludes halogenated alkanes) is 3. The number of hydrogen-bond acceptors (Lipinski definition) is 3. The van der Waals surface area contributed by atoms with Crippen LogP contribution >= 0.6 is 0 Å². The lowest BCUT2D eigenvalue weighted by atomic mass is 10.2. The van der Waals surface area contributed by atoms with Crippen molar-refractivity contribution in [3.8, 4) is 0 Å². The Bertz CT molecular complexity index is 222. The summed E-state index contributed by atoms with van der Waals surface area (Å²) >= 11 is 0. The van der Waals surface area contributed by atoms with E-state index in [0.29, 0.717) is 6.54 Å². The molecule has 0 atom stereocenters. The Labute approximate surface area is 97.7 Å². The van der Waals surface area contributed by atoms with Crippen LogP contribution in [0, 0.1) is 0 Å². The minimum absolute atomic E-state index is 0.339. The van der Waals surface area contributed by atoms with E-state index in [4.69, 9.17) is 5.21 Å². The van der Waals surface area contributed by atoms with Gasteiger partial charge in [0.1, 0.15) is 6.21 Å². The predicted octanol–water partition coefficient (Wildman–Crippen LogP) is 0.829. The van der Waals surface area contributed by atoms with E-state index in [-0.39, 0.29) is 5.91 Å². The molecule has 5 nitrogen and oxygen atoms in total. The van der Waals surface area contributed by atoms with Gasteiger partial charge >= 0.3 is 0 Å². The molecule has 0 fully saturated rings. The predicted molar refractivity (Wildman–Crippen MR) is 64.7 cm³/mol. The Morgan fingerprint density at radius 3 is 2.44 bits per heavy atom. The molecule has 0 saturated heterocycles. The van der Waals surface area contributed by atoms with E-state index in [1.165, 1.54) is 19.4 Å². The molecule has 0 aromatic carbocycles. The number of nitrogens with one attached hydrogen (secondary N) is 1. The molecule has 0 aromatic rings. The molecule has 5 heteroatoms. The second kappa shape index (κ2) is 8.10. The molecule has 0 bridgehead atoms. The number of nitrogens with zero attached hydrogens (tertiary/aromatic N) is 2. The molecular weight excluding hydrogens is 206 g/mol. The van der Waals surface area contributed by atoms with Gasteiger partial charge in [-0.2, -0.15) is 0 Å². The number of carbonyl (C=O) groups excluding carboxylic acids is 1. The lowest BCUT2D eigenvalue weighted by Crippen LogP contribution is -2.35. The highest BCUT2D eigenvalue weighted by Gasteiger charge is 2.05. The van der Waals surface area contributed by atoms with Gasteiger partial charge < -0.3 is 15.0 Å². The van der Waals surface area contributed by atoms with Crippen molar-refractivity contribution in [2.75, 3.05) is 34.2 Å². The van der Waals surface area contributed by atoms with Gasteiger partial charge in [0, 0.05) is 6.54 Å². The van der Waals surface area contributed by atoms with Crippen LogP contribution in [0.4, 0.5) is 0 Å². The van der Waals surface area contributed by atoms with Gasteiger partial charge in [0.2, 0.25) is 0 Å². The monoisotopic (exact) mass is 230 g/mol. The third kappa shape index (κ3) is 11.0. The first-order chi connectivity index (χ1) is 7.45. The Kier molecular flexibility index (Phi) is 7.54. The fraction of sp³-hybridized carbons (Fsp3) is 0.818. The van der Waals surface area contributed by atoms with E-state index < -0.39 is 0 Å². The summed E-state index contributed by atoms with van der Waals surface area (Å²) in [6.45, 7) is 1.83. The molecule has 16 heavy (non-hydrogen) atoms. The molecule has 0 rings (SSSR count). The molecule has 0 aromatic heterocycles. The van der Waals surface area contributed by atoms with E-state index in [0.717, 1.165) is 23.5 Å². The van der Waals surface area contributed by atoms with Crippen molar-refractivity contribution in [1.29, 1.82) is 0 Å². The summed E-state index contributed by atoms with van der Waals surface area (Å²) in [4.78, 5) is 10.8. The van der Waals surface area contributed by atoms with E-state index in [9.17, 15) is 4.79 Å². The normalized spacial score (nSPS) is 11.9. The zero-order valence-corrected chi connectivity index (χ0v) is 10.6. The zero-order valence-electron chi connectivity index (χ0n) is 10.6.